The summed E-state index contributed by atoms with van der Waals surface area (Å²) in [5.74, 6) is 0. The molecule has 0 heterocycles. The lowest BCUT2D eigenvalue weighted by Gasteiger charge is -2.14. The summed E-state index contributed by atoms with van der Waals surface area (Å²) in [5.41, 5.74) is 6.21. The van der Waals surface area contributed by atoms with Crippen molar-refractivity contribution < 1.29 is 8.42 Å². The second-order valence-corrected chi connectivity index (χ2v) is 7.04. The van der Waals surface area contributed by atoms with E-state index in [1.807, 2.05) is 0 Å². The quantitative estimate of drug-likeness (QED) is 0.934. The lowest BCUT2D eigenvalue weighted by molar-refractivity contribution is 0.578. The van der Waals surface area contributed by atoms with E-state index in [1.165, 1.54) is 0 Å². The Bertz CT molecular complexity index is 511. The van der Waals surface area contributed by atoms with Crippen molar-refractivity contribution in [2.45, 2.75) is 42.4 Å². The average molecular weight is 310 g/mol. The third-order valence-corrected chi connectivity index (χ3v) is 5.89. The molecule has 0 aliphatic heterocycles. The number of nitrogens with two attached hydrogens (primary N) is 1. The van der Waals surface area contributed by atoms with Gasteiger partial charge in [-0.1, -0.05) is 24.4 Å². The number of hydrogen-bond donors (Lipinski definition) is 1. The van der Waals surface area contributed by atoms with E-state index in [1.54, 1.807) is 18.2 Å². The maximum Gasteiger partial charge on any atom is 0.181 e. The van der Waals surface area contributed by atoms with E-state index in [2.05, 4.69) is 0 Å². The smallest absolute Gasteiger partial charge is 0.181 e. The zero-order valence-electron chi connectivity index (χ0n) is 9.93. The Hall–Kier alpha value is -0.290. The summed E-state index contributed by atoms with van der Waals surface area (Å²) in [6.07, 6.45) is 3.51. The van der Waals surface area contributed by atoms with Gasteiger partial charge >= 0.3 is 0 Å². The Morgan fingerprint density at radius 2 is 1.89 bits per heavy atom. The van der Waals surface area contributed by atoms with E-state index in [0.717, 1.165) is 25.7 Å². The molecule has 6 heteroatoms. The highest BCUT2D eigenvalue weighted by atomic mass is 35.5. The first kappa shape index (κ1) is 15.8. The molecular weight excluding hydrogens is 293 g/mol. The fraction of sp³-hybridized carbons (Fsp3) is 0.500. The predicted molar refractivity (Wildman–Crippen MR) is 76.0 cm³/mol. The molecule has 0 radical (unpaired) electrons. The molecule has 3 nitrogen and oxygen atoms in total. The maximum absolute atomic E-state index is 12.4. The minimum Gasteiger partial charge on any atom is -0.326 e. The topological polar surface area (TPSA) is 60.2 Å². The molecule has 0 aromatic heterocycles. The van der Waals surface area contributed by atoms with Gasteiger partial charge in [0.2, 0.25) is 0 Å². The van der Waals surface area contributed by atoms with Gasteiger partial charge in [-0.25, -0.2) is 8.42 Å². The molecule has 2 N–H and O–H groups in total. The maximum atomic E-state index is 12.4. The number of hydrogen-bond acceptors (Lipinski definition) is 3. The Morgan fingerprint density at radius 1 is 1.28 bits per heavy atom. The number of halogens is 2. The fourth-order valence-electron chi connectivity index (χ4n) is 2.36. The van der Waals surface area contributed by atoms with Crippen molar-refractivity contribution in [2.24, 2.45) is 5.73 Å². The van der Waals surface area contributed by atoms with Crippen LogP contribution in [0.5, 0.6) is 0 Å². The molecule has 0 spiro atoms. The van der Waals surface area contributed by atoms with Gasteiger partial charge in [-0.15, -0.1) is 12.4 Å². The second-order valence-electron chi connectivity index (χ2n) is 4.41. The number of sulfone groups is 1. The largest absolute Gasteiger partial charge is 0.326 e. The van der Waals surface area contributed by atoms with Crippen LogP contribution in [0, 0.1) is 0 Å². The molecular formula is C12H17Cl2NO2S. The third-order valence-electron chi connectivity index (χ3n) is 3.29. The molecule has 102 valence electrons. The summed E-state index contributed by atoms with van der Waals surface area (Å²) >= 11 is 5.85. The van der Waals surface area contributed by atoms with Crippen molar-refractivity contribution >= 4 is 33.8 Å². The number of benzene rings is 1. The van der Waals surface area contributed by atoms with Gasteiger partial charge in [0.05, 0.1) is 10.1 Å². The van der Waals surface area contributed by atoms with Crippen molar-refractivity contribution in [3.63, 3.8) is 0 Å². The molecule has 2 rings (SSSR count). The SMILES string of the molecule is Cl.NCc1cc(Cl)ccc1S(=O)(=O)C1CCCC1. The van der Waals surface area contributed by atoms with E-state index < -0.39 is 9.84 Å². The molecule has 1 aliphatic rings. The molecule has 1 aliphatic carbocycles. The fourth-order valence-corrected chi connectivity index (χ4v) is 4.64. The minimum atomic E-state index is -3.24. The lowest BCUT2D eigenvalue weighted by Crippen LogP contribution is -2.20. The van der Waals surface area contributed by atoms with E-state index in [-0.39, 0.29) is 24.2 Å². The van der Waals surface area contributed by atoms with Gasteiger partial charge in [-0.2, -0.15) is 0 Å². The van der Waals surface area contributed by atoms with E-state index in [9.17, 15) is 8.42 Å². The van der Waals surface area contributed by atoms with Gasteiger partial charge in [0, 0.05) is 11.6 Å². The molecule has 0 bridgehead atoms. The Kier molecular flexibility index (Phi) is 5.46. The van der Waals surface area contributed by atoms with E-state index in [4.69, 9.17) is 17.3 Å². The van der Waals surface area contributed by atoms with Gasteiger partial charge < -0.3 is 5.73 Å². The highest BCUT2D eigenvalue weighted by molar-refractivity contribution is 7.92. The van der Waals surface area contributed by atoms with Crippen LogP contribution >= 0.6 is 24.0 Å². The van der Waals surface area contributed by atoms with Crippen molar-refractivity contribution in [1.29, 1.82) is 0 Å². The standard InChI is InChI=1S/C12H16ClNO2S.ClH/c13-10-5-6-12(9(7-10)8-14)17(15,16)11-3-1-2-4-11;/h5-7,11H,1-4,8,14H2;1H. The molecule has 1 aromatic rings. The molecule has 18 heavy (non-hydrogen) atoms. The lowest BCUT2D eigenvalue weighted by atomic mass is 10.2. The summed E-state index contributed by atoms with van der Waals surface area (Å²) in [5, 5.41) is 0.282. The van der Waals surface area contributed by atoms with Gasteiger partial charge in [0.1, 0.15) is 0 Å². The minimum absolute atomic E-state index is 0. The van der Waals surface area contributed by atoms with Crippen LogP contribution in [0.4, 0.5) is 0 Å². The van der Waals surface area contributed by atoms with Crippen LogP contribution in [0.2, 0.25) is 5.02 Å². The van der Waals surface area contributed by atoms with Crippen molar-refractivity contribution in [3.05, 3.63) is 28.8 Å². The van der Waals surface area contributed by atoms with Crippen molar-refractivity contribution in [3.8, 4) is 0 Å². The van der Waals surface area contributed by atoms with Crippen molar-refractivity contribution in [1.82, 2.24) is 0 Å². The highest BCUT2D eigenvalue weighted by Crippen LogP contribution is 2.31. The number of rotatable bonds is 3. The summed E-state index contributed by atoms with van der Waals surface area (Å²) in [6.45, 7) is 0.196. The molecule has 1 aromatic carbocycles. The van der Waals surface area contributed by atoms with Gasteiger partial charge in [0.15, 0.2) is 9.84 Å². The van der Waals surface area contributed by atoms with Gasteiger partial charge in [0.25, 0.3) is 0 Å². The molecule has 0 unspecified atom stereocenters. The van der Waals surface area contributed by atoms with Crippen LogP contribution in [0.25, 0.3) is 0 Å². The van der Waals surface area contributed by atoms with Crippen LogP contribution in [0.3, 0.4) is 0 Å². The second kappa shape index (κ2) is 6.24. The highest BCUT2D eigenvalue weighted by Gasteiger charge is 2.31. The zero-order valence-corrected chi connectivity index (χ0v) is 12.3. The first-order chi connectivity index (χ1) is 8.05. The third kappa shape index (κ3) is 2.99. The molecule has 0 saturated heterocycles. The summed E-state index contributed by atoms with van der Waals surface area (Å²) < 4.78 is 24.9. The molecule has 1 fully saturated rings. The summed E-state index contributed by atoms with van der Waals surface area (Å²) in [7, 11) is -3.24. The summed E-state index contributed by atoms with van der Waals surface area (Å²) in [6, 6.07) is 4.84. The van der Waals surface area contributed by atoms with Crippen LogP contribution in [-0.4, -0.2) is 13.7 Å². The monoisotopic (exact) mass is 309 g/mol. The predicted octanol–water partition coefficient (Wildman–Crippen LogP) is 2.94. The molecule has 1 saturated carbocycles. The Labute approximate surface area is 119 Å². The summed E-state index contributed by atoms with van der Waals surface area (Å²) in [4.78, 5) is 0.358. The molecule has 0 amide bonds. The Balaban J connectivity index is 0.00000162. The van der Waals surface area contributed by atoms with Crippen molar-refractivity contribution in [2.75, 3.05) is 0 Å². The van der Waals surface area contributed by atoms with Crippen LogP contribution in [-0.2, 0) is 16.4 Å². The Morgan fingerprint density at radius 3 is 2.44 bits per heavy atom. The van der Waals surface area contributed by atoms with E-state index in [0.29, 0.717) is 15.5 Å². The average Bonchev–Trinajstić information content (AvgIpc) is 2.82. The van der Waals surface area contributed by atoms with Crippen LogP contribution in [0.15, 0.2) is 23.1 Å². The zero-order chi connectivity index (χ0) is 12.5. The first-order valence-electron chi connectivity index (χ1n) is 5.78. The normalized spacial score (nSPS) is 16.6. The van der Waals surface area contributed by atoms with Crippen LogP contribution in [0.1, 0.15) is 31.2 Å². The molecule has 0 atom stereocenters. The first-order valence-corrected chi connectivity index (χ1v) is 7.70. The van der Waals surface area contributed by atoms with Crippen LogP contribution < -0.4 is 5.73 Å². The van der Waals surface area contributed by atoms with E-state index >= 15 is 0 Å². The van der Waals surface area contributed by atoms with Gasteiger partial charge in [-0.3, -0.25) is 0 Å². The van der Waals surface area contributed by atoms with Gasteiger partial charge in [-0.05, 0) is 36.6 Å².